The summed E-state index contributed by atoms with van der Waals surface area (Å²) in [6.07, 6.45) is 1.48. The predicted molar refractivity (Wildman–Crippen MR) is 60.0 cm³/mol. The lowest BCUT2D eigenvalue weighted by atomic mass is 10.3. The number of halogens is 1. The highest BCUT2D eigenvalue weighted by atomic mass is 79.9. The van der Waals surface area contributed by atoms with Gasteiger partial charge >= 0.3 is 0 Å². The van der Waals surface area contributed by atoms with E-state index in [1.165, 1.54) is 6.20 Å². The minimum atomic E-state index is -0.0904. The van der Waals surface area contributed by atoms with E-state index in [0.29, 0.717) is 10.4 Å². The summed E-state index contributed by atoms with van der Waals surface area (Å²) >= 11 is 3.11. The number of nitrogens with zero attached hydrogens (tertiary/aromatic N) is 2. The molecular weight excluding hydrogens is 258 g/mol. The Balaban J connectivity index is 2.22. The summed E-state index contributed by atoms with van der Waals surface area (Å²) in [5.41, 5.74) is 0.819. The molecule has 1 radical (unpaired) electrons. The highest BCUT2D eigenvalue weighted by Crippen LogP contribution is 2.21. The maximum absolute atomic E-state index is 9.33. The van der Waals surface area contributed by atoms with E-state index < -0.39 is 0 Å². The molecule has 0 saturated heterocycles. The van der Waals surface area contributed by atoms with Crippen LogP contribution in [-0.2, 0) is 0 Å². The Kier molecular flexibility index (Phi) is 2.82. The summed E-state index contributed by atoms with van der Waals surface area (Å²) in [6, 6.07) is 10.2. The SMILES string of the molecule is Oc1nc(Nc2c[c]ccc2)ncc1Br. The Morgan fingerprint density at radius 3 is 3.00 bits per heavy atom. The molecular formula is C10H7BrN3O. The Hall–Kier alpha value is -1.62. The summed E-state index contributed by atoms with van der Waals surface area (Å²) < 4.78 is 0.465. The molecule has 2 aromatic rings. The van der Waals surface area contributed by atoms with Crippen molar-refractivity contribution in [3.8, 4) is 5.88 Å². The molecule has 1 aromatic heterocycles. The molecule has 0 aliphatic heterocycles. The molecule has 0 fully saturated rings. The van der Waals surface area contributed by atoms with E-state index in [9.17, 15) is 5.11 Å². The Morgan fingerprint density at radius 1 is 1.47 bits per heavy atom. The van der Waals surface area contributed by atoms with Crippen LogP contribution in [0.1, 0.15) is 0 Å². The molecule has 0 spiro atoms. The first-order chi connectivity index (χ1) is 7.25. The van der Waals surface area contributed by atoms with Crippen molar-refractivity contribution in [1.29, 1.82) is 0 Å². The number of hydrogen-bond acceptors (Lipinski definition) is 4. The topological polar surface area (TPSA) is 58.0 Å². The van der Waals surface area contributed by atoms with Crippen LogP contribution < -0.4 is 5.32 Å². The van der Waals surface area contributed by atoms with Crippen molar-refractivity contribution < 1.29 is 5.11 Å². The van der Waals surface area contributed by atoms with Crippen LogP contribution in [0.2, 0.25) is 0 Å². The van der Waals surface area contributed by atoms with E-state index in [1.807, 2.05) is 12.1 Å². The van der Waals surface area contributed by atoms with Gasteiger partial charge in [-0.05, 0) is 34.1 Å². The van der Waals surface area contributed by atoms with E-state index in [4.69, 9.17) is 0 Å². The number of benzene rings is 1. The minimum Gasteiger partial charge on any atom is -0.492 e. The molecule has 0 saturated carbocycles. The fourth-order valence-corrected chi connectivity index (χ4v) is 1.21. The molecule has 1 heterocycles. The molecule has 5 heteroatoms. The van der Waals surface area contributed by atoms with Crippen molar-refractivity contribution in [1.82, 2.24) is 9.97 Å². The van der Waals surface area contributed by atoms with Gasteiger partial charge in [-0.1, -0.05) is 12.1 Å². The minimum absolute atomic E-state index is 0.0904. The maximum Gasteiger partial charge on any atom is 0.230 e. The van der Waals surface area contributed by atoms with E-state index in [2.05, 4.69) is 37.3 Å². The molecule has 1 aromatic carbocycles. The summed E-state index contributed by atoms with van der Waals surface area (Å²) in [5, 5.41) is 12.3. The van der Waals surface area contributed by atoms with Crippen LogP contribution in [0.3, 0.4) is 0 Å². The second-order valence-corrected chi connectivity index (χ2v) is 3.64. The van der Waals surface area contributed by atoms with Crippen molar-refractivity contribution >= 4 is 27.6 Å². The first kappa shape index (κ1) is 9.92. The lowest BCUT2D eigenvalue weighted by molar-refractivity contribution is 0.449. The number of aromatic hydroxyl groups is 1. The molecule has 0 aliphatic rings. The molecule has 0 atom stereocenters. The van der Waals surface area contributed by atoms with Gasteiger partial charge < -0.3 is 10.4 Å². The Morgan fingerprint density at radius 2 is 2.33 bits per heavy atom. The van der Waals surface area contributed by atoms with E-state index in [0.717, 1.165) is 5.69 Å². The van der Waals surface area contributed by atoms with E-state index in [1.54, 1.807) is 12.1 Å². The molecule has 0 unspecified atom stereocenters. The fraction of sp³-hybridized carbons (Fsp3) is 0. The lowest BCUT2D eigenvalue weighted by Gasteiger charge is -2.04. The quantitative estimate of drug-likeness (QED) is 0.875. The highest BCUT2D eigenvalue weighted by Gasteiger charge is 2.02. The average molecular weight is 265 g/mol. The van der Waals surface area contributed by atoms with Gasteiger partial charge in [0.05, 0.1) is 10.7 Å². The first-order valence-corrected chi connectivity index (χ1v) is 4.99. The maximum atomic E-state index is 9.33. The van der Waals surface area contributed by atoms with Crippen LogP contribution in [0.25, 0.3) is 0 Å². The van der Waals surface area contributed by atoms with Crippen LogP contribution in [0.15, 0.2) is 34.9 Å². The second-order valence-electron chi connectivity index (χ2n) is 2.78. The fourth-order valence-electron chi connectivity index (χ4n) is 1.02. The molecule has 2 rings (SSSR count). The molecule has 75 valence electrons. The van der Waals surface area contributed by atoms with Crippen LogP contribution in [0.5, 0.6) is 5.88 Å². The molecule has 4 nitrogen and oxygen atoms in total. The number of aromatic nitrogens is 2. The Bertz CT molecular complexity index is 461. The molecule has 2 N–H and O–H groups in total. The van der Waals surface area contributed by atoms with E-state index >= 15 is 0 Å². The smallest absolute Gasteiger partial charge is 0.230 e. The summed E-state index contributed by atoms with van der Waals surface area (Å²) in [7, 11) is 0. The summed E-state index contributed by atoms with van der Waals surface area (Å²) in [6.45, 7) is 0. The number of rotatable bonds is 2. The largest absolute Gasteiger partial charge is 0.492 e. The normalized spacial score (nSPS) is 9.93. The van der Waals surface area contributed by atoms with Crippen molar-refractivity contribution in [2.75, 3.05) is 5.32 Å². The third-order valence-electron chi connectivity index (χ3n) is 1.69. The van der Waals surface area contributed by atoms with Crippen molar-refractivity contribution in [3.63, 3.8) is 0 Å². The van der Waals surface area contributed by atoms with Crippen molar-refractivity contribution in [2.45, 2.75) is 0 Å². The van der Waals surface area contributed by atoms with Gasteiger partial charge in [0.25, 0.3) is 0 Å². The zero-order valence-corrected chi connectivity index (χ0v) is 9.19. The summed E-state index contributed by atoms with van der Waals surface area (Å²) in [5.74, 6) is 0.253. The third kappa shape index (κ3) is 2.44. The van der Waals surface area contributed by atoms with Gasteiger partial charge in [0.2, 0.25) is 11.8 Å². The van der Waals surface area contributed by atoms with Crippen LogP contribution in [0.4, 0.5) is 11.6 Å². The van der Waals surface area contributed by atoms with E-state index in [-0.39, 0.29) is 5.88 Å². The third-order valence-corrected chi connectivity index (χ3v) is 2.25. The average Bonchev–Trinajstić information content (AvgIpc) is 2.25. The zero-order chi connectivity index (χ0) is 10.7. The van der Waals surface area contributed by atoms with Gasteiger partial charge in [0, 0.05) is 5.69 Å². The van der Waals surface area contributed by atoms with Gasteiger partial charge in [-0.2, -0.15) is 4.98 Å². The monoisotopic (exact) mass is 264 g/mol. The molecule has 0 amide bonds. The lowest BCUT2D eigenvalue weighted by Crippen LogP contribution is -1.96. The molecule has 15 heavy (non-hydrogen) atoms. The van der Waals surface area contributed by atoms with Crippen LogP contribution in [0, 0.1) is 6.07 Å². The van der Waals surface area contributed by atoms with Crippen LogP contribution in [-0.4, -0.2) is 15.1 Å². The van der Waals surface area contributed by atoms with Gasteiger partial charge in [-0.3, -0.25) is 0 Å². The van der Waals surface area contributed by atoms with Crippen molar-refractivity contribution in [2.24, 2.45) is 0 Å². The number of hydrogen-bond donors (Lipinski definition) is 2. The Labute approximate surface area is 95.1 Å². The predicted octanol–water partition coefficient (Wildman–Crippen LogP) is 2.49. The van der Waals surface area contributed by atoms with Gasteiger partial charge in [0.1, 0.15) is 0 Å². The van der Waals surface area contributed by atoms with Gasteiger partial charge in [0.15, 0.2) is 0 Å². The van der Waals surface area contributed by atoms with Gasteiger partial charge in [-0.25, -0.2) is 4.98 Å². The molecule has 0 aliphatic carbocycles. The zero-order valence-electron chi connectivity index (χ0n) is 7.61. The number of anilines is 2. The molecule has 0 bridgehead atoms. The number of nitrogens with one attached hydrogen (secondary N) is 1. The second kappa shape index (κ2) is 4.27. The van der Waals surface area contributed by atoms with Crippen LogP contribution >= 0.6 is 15.9 Å². The standard InChI is InChI=1S/C10H7BrN3O/c11-8-6-12-10(14-9(8)15)13-7-4-2-1-3-5-7/h1-2,4-6H,(H2,12,13,14,15). The van der Waals surface area contributed by atoms with Crippen molar-refractivity contribution in [3.05, 3.63) is 41.0 Å². The highest BCUT2D eigenvalue weighted by molar-refractivity contribution is 9.10. The summed E-state index contributed by atoms with van der Waals surface area (Å²) in [4.78, 5) is 7.83. The first-order valence-electron chi connectivity index (χ1n) is 4.20. The van der Waals surface area contributed by atoms with Gasteiger partial charge in [-0.15, -0.1) is 0 Å².